The topological polar surface area (TPSA) is 68.3 Å². The molecule has 0 aliphatic carbocycles. The zero-order valence-electron chi connectivity index (χ0n) is 11.7. The molecule has 21 heavy (non-hydrogen) atoms. The molecule has 0 atom stereocenters. The summed E-state index contributed by atoms with van der Waals surface area (Å²) in [5.74, 6) is -0.756. The largest absolute Gasteiger partial charge is 0.406 e. The molecule has 1 amide bonds. The number of aromatic nitrogens is 1. The number of pyridine rings is 1. The molecule has 5 nitrogen and oxygen atoms in total. The molecule has 0 saturated carbocycles. The molecule has 0 unspecified atom stereocenters. The maximum Gasteiger partial charge on any atom is 0.406 e. The third-order valence-electron chi connectivity index (χ3n) is 2.82. The number of anilines is 1. The van der Waals surface area contributed by atoms with Crippen LogP contribution in [0.25, 0.3) is 0 Å². The number of hydrogen-bond acceptors (Lipinski definition) is 3. The average molecular weight is 305 g/mol. The van der Waals surface area contributed by atoms with Crippen molar-refractivity contribution in [2.45, 2.75) is 32.5 Å². The molecule has 0 radical (unpaired) electrons. The van der Waals surface area contributed by atoms with Crippen LogP contribution in [0.1, 0.15) is 19.8 Å². The minimum atomic E-state index is -4.47. The number of rotatable bonds is 6. The van der Waals surface area contributed by atoms with Gasteiger partial charge in [0.1, 0.15) is 13.1 Å². The van der Waals surface area contributed by atoms with E-state index >= 15 is 0 Å². The van der Waals surface area contributed by atoms with Crippen LogP contribution in [0.15, 0.2) is 23.1 Å². The fraction of sp³-hybridized carbons (Fsp3) is 0.538. The van der Waals surface area contributed by atoms with Gasteiger partial charge in [0.05, 0.1) is 0 Å². The average Bonchev–Trinajstić information content (AvgIpc) is 2.37. The monoisotopic (exact) mass is 305 g/mol. The summed E-state index contributed by atoms with van der Waals surface area (Å²) < 4.78 is 38.5. The highest BCUT2D eigenvalue weighted by Gasteiger charge is 2.32. The van der Waals surface area contributed by atoms with Gasteiger partial charge in [0.15, 0.2) is 0 Å². The molecular weight excluding hydrogens is 287 g/mol. The number of carbonyl (C=O) groups excluding carboxylic acids is 1. The van der Waals surface area contributed by atoms with Gasteiger partial charge in [0.2, 0.25) is 5.91 Å². The quantitative estimate of drug-likeness (QED) is 0.868. The van der Waals surface area contributed by atoms with Crippen molar-refractivity contribution >= 4 is 11.6 Å². The van der Waals surface area contributed by atoms with Gasteiger partial charge in [-0.15, -0.1) is 0 Å². The molecule has 0 fully saturated rings. The smallest absolute Gasteiger partial charge is 0.398 e. The molecular formula is C13H18F3N3O2. The molecule has 0 aliphatic heterocycles. The minimum absolute atomic E-state index is 0.00586. The molecule has 1 aromatic heterocycles. The summed E-state index contributed by atoms with van der Waals surface area (Å²) in [7, 11) is 0. The van der Waals surface area contributed by atoms with Crippen LogP contribution in [-0.4, -0.2) is 34.6 Å². The van der Waals surface area contributed by atoms with Crippen molar-refractivity contribution in [1.82, 2.24) is 9.47 Å². The lowest BCUT2D eigenvalue weighted by molar-refractivity contribution is -0.161. The van der Waals surface area contributed by atoms with E-state index in [9.17, 15) is 22.8 Å². The van der Waals surface area contributed by atoms with Crippen LogP contribution in [0, 0.1) is 0 Å². The van der Waals surface area contributed by atoms with Crippen LogP contribution in [-0.2, 0) is 11.3 Å². The van der Waals surface area contributed by atoms with Crippen molar-refractivity contribution in [2.75, 3.05) is 18.8 Å². The number of unbranched alkanes of at least 4 members (excludes halogenated alkanes) is 1. The third kappa shape index (κ3) is 5.88. The van der Waals surface area contributed by atoms with Gasteiger partial charge in [-0.3, -0.25) is 9.59 Å². The number of nitrogens with two attached hydrogens (primary N) is 1. The molecule has 0 aliphatic rings. The maximum atomic E-state index is 12.5. The van der Waals surface area contributed by atoms with Gasteiger partial charge in [-0.2, -0.15) is 13.2 Å². The number of halogens is 3. The highest BCUT2D eigenvalue weighted by molar-refractivity contribution is 5.76. The molecule has 1 rings (SSSR count). The summed E-state index contributed by atoms with van der Waals surface area (Å²) in [4.78, 5) is 24.2. The Morgan fingerprint density at radius 2 is 2.05 bits per heavy atom. The number of amides is 1. The van der Waals surface area contributed by atoms with E-state index in [1.165, 1.54) is 18.3 Å². The highest BCUT2D eigenvalue weighted by Crippen LogP contribution is 2.17. The summed E-state index contributed by atoms with van der Waals surface area (Å²) in [6.45, 7) is 0.0527. The van der Waals surface area contributed by atoms with Gasteiger partial charge in [0.25, 0.3) is 5.56 Å². The second kappa shape index (κ2) is 7.14. The van der Waals surface area contributed by atoms with Gasteiger partial charge in [-0.05, 0) is 12.5 Å². The molecule has 0 saturated heterocycles. The Labute approximate surface area is 120 Å². The van der Waals surface area contributed by atoms with E-state index in [1.807, 2.05) is 6.92 Å². The molecule has 118 valence electrons. The standard InChI is InChI=1S/C13H18F3N3O2/c1-2-3-6-18(9-13(14,15)16)12(21)8-19-7-10(17)4-5-11(19)20/h4-5,7H,2-3,6,8-9,17H2,1H3. The van der Waals surface area contributed by atoms with E-state index in [0.717, 1.165) is 9.47 Å². The van der Waals surface area contributed by atoms with Crippen LogP contribution in [0.4, 0.5) is 18.9 Å². The Hall–Kier alpha value is -1.99. The van der Waals surface area contributed by atoms with Gasteiger partial charge in [0, 0.05) is 24.5 Å². The lowest BCUT2D eigenvalue weighted by Gasteiger charge is -2.24. The predicted octanol–water partition coefficient (Wildman–Crippen LogP) is 1.62. The Bertz CT molecular complexity index is 540. The van der Waals surface area contributed by atoms with E-state index in [2.05, 4.69) is 0 Å². The zero-order valence-corrected chi connectivity index (χ0v) is 11.7. The fourth-order valence-corrected chi connectivity index (χ4v) is 1.78. The molecule has 1 heterocycles. The highest BCUT2D eigenvalue weighted by atomic mass is 19.4. The summed E-state index contributed by atoms with van der Waals surface area (Å²) in [6.07, 6.45) is -2.09. The maximum absolute atomic E-state index is 12.5. The first kappa shape index (κ1) is 17.1. The van der Waals surface area contributed by atoms with Crippen molar-refractivity contribution < 1.29 is 18.0 Å². The number of hydrogen-bond donors (Lipinski definition) is 1. The van der Waals surface area contributed by atoms with E-state index in [0.29, 0.717) is 12.8 Å². The number of nitrogens with zero attached hydrogens (tertiary/aromatic N) is 2. The van der Waals surface area contributed by atoms with E-state index < -0.39 is 30.7 Å². The predicted molar refractivity (Wildman–Crippen MR) is 72.7 cm³/mol. The van der Waals surface area contributed by atoms with Crippen molar-refractivity contribution in [2.24, 2.45) is 0 Å². The van der Waals surface area contributed by atoms with Crippen molar-refractivity contribution in [1.29, 1.82) is 0 Å². The van der Waals surface area contributed by atoms with E-state index in [-0.39, 0.29) is 12.2 Å². The normalized spacial score (nSPS) is 11.4. The molecule has 0 bridgehead atoms. The Kier molecular flexibility index (Phi) is 5.80. The van der Waals surface area contributed by atoms with Gasteiger partial charge in [-0.25, -0.2) is 0 Å². The Morgan fingerprint density at radius 3 is 2.62 bits per heavy atom. The van der Waals surface area contributed by atoms with Crippen LogP contribution < -0.4 is 11.3 Å². The lowest BCUT2D eigenvalue weighted by Crippen LogP contribution is -2.42. The Morgan fingerprint density at radius 1 is 1.38 bits per heavy atom. The van der Waals surface area contributed by atoms with Gasteiger partial charge < -0.3 is 15.2 Å². The van der Waals surface area contributed by atoms with E-state index in [4.69, 9.17) is 5.73 Å². The van der Waals surface area contributed by atoms with Crippen LogP contribution >= 0.6 is 0 Å². The van der Waals surface area contributed by atoms with Crippen LogP contribution in [0.5, 0.6) is 0 Å². The first-order valence-electron chi connectivity index (χ1n) is 6.53. The first-order chi connectivity index (χ1) is 9.73. The summed E-state index contributed by atoms with van der Waals surface area (Å²) in [5.41, 5.74) is 5.27. The minimum Gasteiger partial charge on any atom is -0.398 e. The lowest BCUT2D eigenvalue weighted by atomic mass is 10.3. The first-order valence-corrected chi connectivity index (χ1v) is 6.53. The summed E-state index contributed by atoms with van der Waals surface area (Å²) >= 11 is 0. The molecule has 8 heteroatoms. The number of carbonyl (C=O) groups is 1. The van der Waals surface area contributed by atoms with Gasteiger partial charge >= 0.3 is 6.18 Å². The Balaban J connectivity index is 2.84. The van der Waals surface area contributed by atoms with E-state index in [1.54, 1.807) is 0 Å². The molecule has 0 aromatic carbocycles. The molecule has 2 N–H and O–H groups in total. The second-order valence-corrected chi connectivity index (χ2v) is 4.71. The van der Waals surface area contributed by atoms with Gasteiger partial charge in [-0.1, -0.05) is 13.3 Å². The zero-order chi connectivity index (χ0) is 16.0. The summed E-state index contributed by atoms with van der Waals surface area (Å²) in [6, 6.07) is 2.54. The SMILES string of the molecule is CCCCN(CC(F)(F)F)C(=O)Cn1cc(N)ccc1=O. The summed E-state index contributed by atoms with van der Waals surface area (Å²) in [5, 5.41) is 0. The van der Waals surface area contributed by atoms with Crippen LogP contribution in [0.3, 0.4) is 0 Å². The second-order valence-electron chi connectivity index (χ2n) is 4.71. The number of alkyl halides is 3. The van der Waals surface area contributed by atoms with Crippen molar-refractivity contribution in [3.63, 3.8) is 0 Å². The molecule has 0 spiro atoms. The molecule has 1 aromatic rings. The van der Waals surface area contributed by atoms with Crippen LogP contribution in [0.2, 0.25) is 0 Å². The van der Waals surface area contributed by atoms with Crippen molar-refractivity contribution in [3.8, 4) is 0 Å². The number of nitrogen functional groups attached to an aromatic ring is 1. The fourth-order valence-electron chi connectivity index (χ4n) is 1.78. The van der Waals surface area contributed by atoms with Crippen molar-refractivity contribution in [3.05, 3.63) is 28.7 Å². The third-order valence-corrected chi connectivity index (χ3v) is 2.82.